The molecule has 16 nitrogen and oxygen atoms in total. The Labute approximate surface area is 287 Å². The largest absolute Gasteiger partial charge is 0.436 e. The molecule has 6 rings (SSSR count). The maximum absolute atomic E-state index is 15.3. The molecule has 4 heterocycles. The Morgan fingerprint density at radius 3 is 2.47 bits per heavy atom. The summed E-state index contributed by atoms with van der Waals surface area (Å²) in [7, 11) is 0. The third kappa shape index (κ3) is 7.17. The number of nitrogens with zero attached hydrogens (tertiary/aromatic N) is 7. The number of ether oxygens (including phenoxy) is 2. The number of carbonyl (C=O) groups excluding carboxylic acids is 2. The fourth-order valence-electron chi connectivity index (χ4n) is 5.23. The molecule has 260 valence electrons. The number of aryl methyl sites for hydroxylation is 1. The van der Waals surface area contributed by atoms with E-state index in [1.165, 1.54) is 64.5 Å². The van der Waals surface area contributed by atoms with E-state index < -0.39 is 40.0 Å². The number of halogens is 1. The molecule has 0 fully saturated rings. The molecule has 0 atom stereocenters. The van der Waals surface area contributed by atoms with Crippen molar-refractivity contribution in [1.82, 2.24) is 29.0 Å². The molecule has 0 spiro atoms. The van der Waals surface area contributed by atoms with Crippen molar-refractivity contribution in [3.8, 4) is 23.2 Å². The number of amides is 2. The Bertz CT molecular complexity index is 2290. The van der Waals surface area contributed by atoms with Crippen LogP contribution in [0, 0.1) is 22.9 Å². The molecule has 17 heteroatoms. The van der Waals surface area contributed by atoms with Crippen LogP contribution in [-0.4, -0.2) is 52.5 Å². The van der Waals surface area contributed by atoms with Gasteiger partial charge in [0, 0.05) is 54.4 Å². The summed E-state index contributed by atoms with van der Waals surface area (Å²) in [4.78, 5) is 76.9. The minimum Gasteiger partial charge on any atom is -0.436 e. The zero-order valence-electron chi connectivity index (χ0n) is 27.4. The van der Waals surface area contributed by atoms with Crippen molar-refractivity contribution in [3.63, 3.8) is 0 Å². The number of carbonyl (C=O) groups is 2. The minimum atomic E-state index is -0.891. The van der Waals surface area contributed by atoms with E-state index in [0.717, 1.165) is 22.4 Å². The fraction of sp³-hybridized carbons (Fsp3) is 0.206. The molecule has 2 aromatic carbocycles. The van der Waals surface area contributed by atoms with Gasteiger partial charge in [-0.3, -0.25) is 24.3 Å². The topological polar surface area (TPSA) is 194 Å². The number of pyridine rings is 1. The van der Waals surface area contributed by atoms with Crippen LogP contribution in [0.25, 0.3) is 5.82 Å². The minimum absolute atomic E-state index is 0.0125. The molecule has 1 aliphatic heterocycles. The monoisotopic (exact) mass is 696 g/mol. The molecule has 5 aromatic rings. The van der Waals surface area contributed by atoms with Gasteiger partial charge in [-0.25, -0.2) is 33.5 Å². The van der Waals surface area contributed by atoms with Gasteiger partial charge in [-0.15, -0.1) is 0 Å². The molecule has 51 heavy (non-hydrogen) atoms. The summed E-state index contributed by atoms with van der Waals surface area (Å²) in [5.41, 5.74) is -0.237. The van der Waals surface area contributed by atoms with Gasteiger partial charge in [0.05, 0.1) is 17.2 Å². The summed E-state index contributed by atoms with van der Waals surface area (Å²) < 4.78 is 28.5. The van der Waals surface area contributed by atoms with Crippen molar-refractivity contribution in [2.45, 2.75) is 39.8 Å². The highest BCUT2D eigenvalue weighted by molar-refractivity contribution is 6.03. The fourth-order valence-corrected chi connectivity index (χ4v) is 5.23. The van der Waals surface area contributed by atoms with E-state index in [1.54, 1.807) is 26.8 Å². The number of non-ortho nitro benzene ring substituents is 1. The number of fused-ring (bicyclic) bond motifs is 1. The quantitative estimate of drug-likeness (QED) is 0.174. The van der Waals surface area contributed by atoms with Crippen molar-refractivity contribution in [3.05, 3.63) is 132 Å². The third-order valence-corrected chi connectivity index (χ3v) is 7.91. The van der Waals surface area contributed by atoms with Crippen molar-refractivity contribution in [2.75, 3.05) is 11.9 Å². The smallest absolute Gasteiger partial charge is 0.415 e. The number of aromatic nitrogens is 5. The van der Waals surface area contributed by atoms with E-state index >= 15 is 4.39 Å². The Morgan fingerprint density at radius 2 is 1.80 bits per heavy atom. The van der Waals surface area contributed by atoms with Crippen LogP contribution in [0.3, 0.4) is 0 Å². The van der Waals surface area contributed by atoms with Crippen LogP contribution in [-0.2, 0) is 13.0 Å². The molecule has 0 radical (unpaired) electrons. The lowest BCUT2D eigenvalue weighted by Gasteiger charge is -2.27. The first kappa shape index (κ1) is 34.1. The van der Waals surface area contributed by atoms with Gasteiger partial charge >= 0.3 is 11.8 Å². The normalized spacial score (nSPS) is 12.3. The number of hydrogen-bond donors (Lipinski definition) is 1. The molecule has 0 saturated heterocycles. The molecular weight excluding hydrogens is 667 g/mol. The third-order valence-electron chi connectivity index (χ3n) is 7.91. The lowest BCUT2D eigenvalue weighted by molar-refractivity contribution is -0.384. The number of benzene rings is 2. The summed E-state index contributed by atoms with van der Waals surface area (Å²) >= 11 is 0. The molecule has 3 aromatic heterocycles. The van der Waals surface area contributed by atoms with Gasteiger partial charge in [-0.1, -0.05) is 6.07 Å². The average molecular weight is 697 g/mol. The van der Waals surface area contributed by atoms with Crippen LogP contribution in [0.1, 0.15) is 47.1 Å². The summed E-state index contributed by atoms with van der Waals surface area (Å²) in [6.45, 7) is 5.48. The number of nitrogens with one attached hydrogen (secondary N) is 1. The summed E-state index contributed by atoms with van der Waals surface area (Å²) in [5, 5.41) is 13.4. The van der Waals surface area contributed by atoms with Crippen LogP contribution in [0.2, 0.25) is 0 Å². The van der Waals surface area contributed by atoms with Crippen molar-refractivity contribution in [1.29, 1.82) is 0 Å². The highest BCUT2D eigenvalue weighted by Gasteiger charge is 2.27. The van der Waals surface area contributed by atoms with Crippen LogP contribution in [0.15, 0.2) is 82.9 Å². The van der Waals surface area contributed by atoms with Gasteiger partial charge in [-0.2, -0.15) is 0 Å². The Balaban J connectivity index is 1.17. The lowest BCUT2D eigenvalue weighted by atomic mass is 10.1. The second kappa shape index (κ2) is 14.0. The van der Waals surface area contributed by atoms with E-state index in [4.69, 9.17) is 9.47 Å². The SMILES string of the molecule is Cc1ccc(-n2c(=O)c(C(=O)Nc3ccc(Oc4ncnc5c4CCN(C(=O)Oc4ccc([N+](=O)[O-])cc4)C5)c(F)c3)cn(C(C)C)c2=O)nc1. The predicted octanol–water partition coefficient (Wildman–Crippen LogP) is 4.72. The van der Waals surface area contributed by atoms with Gasteiger partial charge < -0.3 is 19.7 Å². The zero-order chi connectivity index (χ0) is 36.4. The summed E-state index contributed by atoms with van der Waals surface area (Å²) in [5.74, 6) is -1.68. The molecule has 1 aliphatic rings. The van der Waals surface area contributed by atoms with E-state index in [2.05, 4.69) is 20.3 Å². The van der Waals surface area contributed by atoms with E-state index in [0.29, 0.717) is 11.3 Å². The van der Waals surface area contributed by atoms with E-state index in [9.17, 15) is 29.3 Å². The van der Waals surface area contributed by atoms with Crippen LogP contribution in [0.4, 0.5) is 20.6 Å². The molecule has 0 unspecified atom stereocenters. The predicted molar refractivity (Wildman–Crippen MR) is 179 cm³/mol. The first-order valence-electron chi connectivity index (χ1n) is 15.5. The highest BCUT2D eigenvalue weighted by atomic mass is 19.1. The molecule has 0 saturated carbocycles. The summed E-state index contributed by atoms with van der Waals surface area (Å²) in [6, 6.07) is 11.5. The Hall–Kier alpha value is -6.78. The second-order valence-corrected chi connectivity index (χ2v) is 11.8. The Kier molecular flexibility index (Phi) is 9.35. The van der Waals surface area contributed by atoms with E-state index in [1.807, 2.05) is 0 Å². The average Bonchev–Trinajstić information content (AvgIpc) is 3.10. The van der Waals surface area contributed by atoms with Crippen LogP contribution >= 0.6 is 0 Å². The lowest BCUT2D eigenvalue weighted by Crippen LogP contribution is -2.43. The van der Waals surface area contributed by atoms with Gasteiger partial charge in [0.2, 0.25) is 5.88 Å². The first-order chi connectivity index (χ1) is 24.4. The van der Waals surface area contributed by atoms with Gasteiger partial charge in [0.1, 0.15) is 23.5 Å². The van der Waals surface area contributed by atoms with Gasteiger partial charge in [0.15, 0.2) is 11.6 Å². The number of hydrogen-bond acceptors (Lipinski definition) is 11. The van der Waals surface area contributed by atoms with Gasteiger partial charge in [0.25, 0.3) is 17.2 Å². The maximum atomic E-state index is 15.3. The van der Waals surface area contributed by atoms with Crippen LogP contribution < -0.4 is 26.0 Å². The highest BCUT2D eigenvalue weighted by Crippen LogP contribution is 2.31. The van der Waals surface area contributed by atoms with Crippen molar-refractivity contribution in [2.24, 2.45) is 0 Å². The first-order valence-corrected chi connectivity index (χ1v) is 15.5. The van der Waals surface area contributed by atoms with E-state index in [-0.39, 0.29) is 59.6 Å². The Morgan fingerprint density at radius 1 is 1.04 bits per heavy atom. The second-order valence-electron chi connectivity index (χ2n) is 11.8. The number of nitro groups is 1. The molecule has 1 N–H and O–H groups in total. The number of nitro benzene ring substituents is 1. The molecule has 0 bridgehead atoms. The van der Waals surface area contributed by atoms with Crippen LogP contribution in [0.5, 0.6) is 17.4 Å². The maximum Gasteiger partial charge on any atom is 0.415 e. The van der Waals surface area contributed by atoms with Crippen molar-refractivity contribution < 1.29 is 28.4 Å². The molecule has 0 aliphatic carbocycles. The standard InChI is InChI=1S/C34H29FN8O8/c1-19(2)41-16-25(32(45)42(33(41)46)29-11-4-20(3)15-36-29)30(44)39-21-5-10-28(26(35)14-21)51-31-24-12-13-40(17-27(24)37-18-38-31)34(47)50-23-8-6-22(7-9-23)43(48)49/h4-11,14-16,18-19H,12-13,17H2,1-3H3,(H,39,44). The number of rotatable bonds is 8. The molecule has 2 amide bonds. The summed E-state index contributed by atoms with van der Waals surface area (Å²) in [6.07, 6.45) is 3.44. The van der Waals surface area contributed by atoms with Crippen molar-refractivity contribution >= 4 is 23.4 Å². The number of anilines is 1. The van der Waals surface area contributed by atoms with Gasteiger partial charge in [-0.05, 0) is 63.1 Å². The zero-order valence-corrected chi connectivity index (χ0v) is 27.4. The molecular formula is C34H29FN8O8.